The number of nitrogens with one attached hydrogen (secondary N) is 1. The number of aromatic nitrogens is 1. The predicted molar refractivity (Wildman–Crippen MR) is 94.5 cm³/mol. The average Bonchev–Trinajstić information content (AvgIpc) is 3.02. The van der Waals surface area contributed by atoms with Crippen LogP contribution in [0.15, 0.2) is 42.6 Å². The standard InChI is InChI=1S/C18H20N2O3S/c1-13-19-12-15(24-13)8-10-17(21)20-16(9-11-18(22)23-2)14-6-4-3-5-7-14/h3-8,10,12,16H,9,11H2,1-2H3,(H,20,21)/b10-8+/t16-/m1/s1. The summed E-state index contributed by atoms with van der Waals surface area (Å²) in [5.41, 5.74) is 0.955. The van der Waals surface area contributed by atoms with Crippen LogP contribution in [-0.4, -0.2) is 24.0 Å². The van der Waals surface area contributed by atoms with Crippen molar-refractivity contribution in [1.82, 2.24) is 10.3 Å². The van der Waals surface area contributed by atoms with Gasteiger partial charge in [0.15, 0.2) is 0 Å². The summed E-state index contributed by atoms with van der Waals surface area (Å²) in [6.45, 7) is 1.92. The van der Waals surface area contributed by atoms with E-state index in [-0.39, 0.29) is 24.3 Å². The number of benzene rings is 1. The fourth-order valence-electron chi connectivity index (χ4n) is 2.20. The van der Waals surface area contributed by atoms with Crippen LogP contribution in [-0.2, 0) is 14.3 Å². The molecular weight excluding hydrogens is 324 g/mol. The van der Waals surface area contributed by atoms with Gasteiger partial charge in [0.2, 0.25) is 5.91 Å². The second kappa shape index (κ2) is 8.98. The molecule has 2 rings (SSSR count). The highest BCUT2D eigenvalue weighted by Gasteiger charge is 2.15. The predicted octanol–water partition coefficient (Wildman–Crippen LogP) is 3.28. The Hall–Kier alpha value is -2.47. The number of ether oxygens (including phenoxy) is 1. The Kier molecular flexibility index (Phi) is 6.69. The molecule has 1 atom stereocenters. The van der Waals surface area contributed by atoms with Gasteiger partial charge in [-0.2, -0.15) is 0 Å². The largest absolute Gasteiger partial charge is 0.469 e. The van der Waals surface area contributed by atoms with E-state index in [9.17, 15) is 9.59 Å². The van der Waals surface area contributed by atoms with E-state index < -0.39 is 0 Å². The van der Waals surface area contributed by atoms with Crippen molar-refractivity contribution in [2.45, 2.75) is 25.8 Å². The maximum absolute atomic E-state index is 12.2. The fraction of sp³-hybridized carbons (Fsp3) is 0.278. The summed E-state index contributed by atoms with van der Waals surface area (Å²) in [5, 5.41) is 3.89. The summed E-state index contributed by atoms with van der Waals surface area (Å²) in [5.74, 6) is -0.499. The molecule has 0 spiro atoms. The summed E-state index contributed by atoms with van der Waals surface area (Å²) >= 11 is 1.52. The second-order valence-corrected chi connectivity index (χ2v) is 6.47. The molecule has 24 heavy (non-hydrogen) atoms. The van der Waals surface area contributed by atoms with Crippen molar-refractivity contribution < 1.29 is 14.3 Å². The second-order valence-electron chi connectivity index (χ2n) is 5.20. The molecule has 0 aliphatic carbocycles. The van der Waals surface area contributed by atoms with Crippen LogP contribution in [0.4, 0.5) is 0 Å². The van der Waals surface area contributed by atoms with E-state index >= 15 is 0 Å². The normalized spacial score (nSPS) is 12.1. The number of hydrogen-bond donors (Lipinski definition) is 1. The molecule has 0 bridgehead atoms. The van der Waals surface area contributed by atoms with Gasteiger partial charge in [0, 0.05) is 23.6 Å². The molecule has 5 nitrogen and oxygen atoms in total. The van der Waals surface area contributed by atoms with E-state index in [1.54, 1.807) is 12.3 Å². The van der Waals surface area contributed by atoms with Crippen LogP contribution in [0.5, 0.6) is 0 Å². The minimum atomic E-state index is -0.291. The molecule has 0 saturated carbocycles. The van der Waals surface area contributed by atoms with Gasteiger partial charge >= 0.3 is 5.97 Å². The lowest BCUT2D eigenvalue weighted by Gasteiger charge is -2.17. The van der Waals surface area contributed by atoms with Gasteiger partial charge in [-0.15, -0.1) is 11.3 Å². The highest BCUT2D eigenvalue weighted by atomic mass is 32.1. The van der Waals surface area contributed by atoms with Crippen molar-refractivity contribution >= 4 is 29.3 Å². The number of rotatable bonds is 7. The summed E-state index contributed by atoms with van der Waals surface area (Å²) in [7, 11) is 1.36. The van der Waals surface area contributed by atoms with Crippen molar-refractivity contribution in [3.05, 3.63) is 58.1 Å². The smallest absolute Gasteiger partial charge is 0.305 e. The third-order valence-corrected chi connectivity index (χ3v) is 4.30. The molecule has 1 N–H and O–H groups in total. The molecule has 1 amide bonds. The first-order valence-electron chi connectivity index (χ1n) is 7.61. The zero-order chi connectivity index (χ0) is 17.4. The van der Waals surface area contributed by atoms with Crippen molar-refractivity contribution in [3.63, 3.8) is 0 Å². The number of aryl methyl sites for hydroxylation is 1. The summed E-state index contributed by atoms with van der Waals surface area (Å²) in [4.78, 5) is 28.7. The zero-order valence-electron chi connectivity index (χ0n) is 13.7. The molecule has 0 aliphatic heterocycles. The van der Waals surface area contributed by atoms with Gasteiger partial charge in [-0.1, -0.05) is 30.3 Å². The number of carbonyl (C=O) groups excluding carboxylic acids is 2. The van der Waals surface area contributed by atoms with Gasteiger partial charge < -0.3 is 10.1 Å². The third-order valence-electron chi connectivity index (χ3n) is 3.42. The number of carbonyl (C=O) groups is 2. The van der Waals surface area contributed by atoms with E-state index in [0.717, 1.165) is 15.4 Å². The minimum absolute atomic E-state index is 0.209. The monoisotopic (exact) mass is 344 g/mol. The molecule has 2 aromatic rings. The lowest BCUT2D eigenvalue weighted by Crippen LogP contribution is -2.27. The maximum atomic E-state index is 12.2. The summed E-state index contributed by atoms with van der Waals surface area (Å²) < 4.78 is 4.68. The summed E-state index contributed by atoms with van der Waals surface area (Å²) in [6, 6.07) is 9.34. The first-order chi connectivity index (χ1) is 11.6. The number of esters is 1. The Morgan fingerprint density at radius 1 is 1.33 bits per heavy atom. The van der Waals surface area contributed by atoms with Gasteiger partial charge in [-0.3, -0.25) is 9.59 Å². The van der Waals surface area contributed by atoms with E-state index in [2.05, 4.69) is 15.0 Å². The molecule has 0 saturated heterocycles. The zero-order valence-corrected chi connectivity index (χ0v) is 14.5. The van der Waals surface area contributed by atoms with Gasteiger partial charge in [0.05, 0.1) is 18.2 Å². The van der Waals surface area contributed by atoms with Crippen LogP contribution >= 0.6 is 11.3 Å². The molecule has 126 valence electrons. The Labute approximate surface area is 145 Å². The maximum Gasteiger partial charge on any atom is 0.305 e. The van der Waals surface area contributed by atoms with Crippen LogP contribution in [0.1, 0.15) is 34.3 Å². The van der Waals surface area contributed by atoms with Crippen LogP contribution in [0.2, 0.25) is 0 Å². The Balaban J connectivity index is 2.02. The lowest BCUT2D eigenvalue weighted by molar-refractivity contribution is -0.141. The van der Waals surface area contributed by atoms with Crippen LogP contribution in [0.3, 0.4) is 0 Å². The molecule has 0 aliphatic rings. The van der Waals surface area contributed by atoms with Crippen molar-refractivity contribution in [2.75, 3.05) is 7.11 Å². The highest BCUT2D eigenvalue weighted by Crippen LogP contribution is 2.19. The van der Waals surface area contributed by atoms with E-state index in [1.807, 2.05) is 37.3 Å². The molecule has 0 radical (unpaired) electrons. The molecule has 1 aromatic heterocycles. The van der Waals surface area contributed by atoms with Crippen molar-refractivity contribution in [1.29, 1.82) is 0 Å². The van der Waals surface area contributed by atoms with E-state index in [1.165, 1.54) is 24.5 Å². The van der Waals surface area contributed by atoms with Gasteiger partial charge in [-0.05, 0) is 25.0 Å². The number of nitrogens with zero attached hydrogens (tertiary/aromatic N) is 1. The first kappa shape index (κ1) is 17.9. The van der Waals surface area contributed by atoms with Crippen LogP contribution < -0.4 is 5.32 Å². The highest BCUT2D eigenvalue weighted by molar-refractivity contribution is 7.12. The van der Waals surface area contributed by atoms with E-state index in [4.69, 9.17) is 0 Å². The molecule has 1 aromatic carbocycles. The fourth-order valence-corrected chi connectivity index (χ4v) is 2.89. The molecule has 6 heteroatoms. The Morgan fingerprint density at radius 2 is 2.08 bits per heavy atom. The Morgan fingerprint density at radius 3 is 2.71 bits per heavy atom. The van der Waals surface area contributed by atoms with Crippen molar-refractivity contribution in [2.24, 2.45) is 0 Å². The first-order valence-corrected chi connectivity index (χ1v) is 8.43. The topological polar surface area (TPSA) is 68.3 Å². The number of thiazole rings is 1. The van der Waals surface area contributed by atoms with Crippen LogP contribution in [0, 0.1) is 6.92 Å². The van der Waals surface area contributed by atoms with Crippen molar-refractivity contribution in [3.8, 4) is 0 Å². The summed E-state index contributed by atoms with van der Waals surface area (Å²) in [6.07, 6.45) is 5.68. The quantitative estimate of drug-likeness (QED) is 0.618. The minimum Gasteiger partial charge on any atom is -0.469 e. The SMILES string of the molecule is COC(=O)CC[C@@H](NC(=O)/C=C/c1cnc(C)s1)c1ccccc1. The van der Waals surface area contributed by atoms with E-state index in [0.29, 0.717) is 6.42 Å². The third kappa shape index (κ3) is 5.62. The molecule has 0 unspecified atom stereocenters. The van der Waals surface area contributed by atoms with Gasteiger partial charge in [0.25, 0.3) is 0 Å². The number of amides is 1. The number of hydrogen-bond acceptors (Lipinski definition) is 5. The Bertz CT molecular complexity index is 710. The lowest BCUT2D eigenvalue weighted by atomic mass is 10.0. The molecule has 1 heterocycles. The van der Waals surface area contributed by atoms with Gasteiger partial charge in [0.1, 0.15) is 0 Å². The van der Waals surface area contributed by atoms with Gasteiger partial charge in [-0.25, -0.2) is 4.98 Å². The molecular formula is C18H20N2O3S. The number of methoxy groups -OCH3 is 1. The van der Waals surface area contributed by atoms with Crippen LogP contribution in [0.25, 0.3) is 6.08 Å². The molecule has 0 fully saturated rings. The average molecular weight is 344 g/mol.